The molecule has 0 heterocycles. The molecule has 0 atom stereocenters. The Morgan fingerprint density at radius 2 is 1.71 bits per heavy atom. The lowest BCUT2D eigenvalue weighted by atomic mass is 10.1. The molecule has 0 radical (unpaired) electrons. The van der Waals surface area contributed by atoms with E-state index < -0.39 is 19.0 Å². The van der Waals surface area contributed by atoms with Gasteiger partial charge in [-0.2, -0.15) is 0 Å². The highest BCUT2D eigenvalue weighted by Gasteiger charge is 2.43. The van der Waals surface area contributed by atoms with Crippen molar-refractivity contribution in [1.82, 2.24) is 0 Å². The first-order valence-corrected chi connectivity index (χ1v) is 8.99. The van der Waals surface area contributed by atoms with E-state index in [9.17, 15) is 9.69 Å². The fourth-order valence-electron chi connectivity index (χ4n) is 2.29. The van der Waals surface area contributed by atoms with E-state index in [2.05, 4.69) is 4.98 Å². The van der Waals surface area contributed by atoms with Crippen molar-refractivity contribution in [3.8, 4) is 0 Å². The van der Waals surface area contributed by atoms with Crippen LogP contribution >= 0.6 is 7.57 Å². The molecule has 1 N–H and O–H groups in total. The minimum Gasteiger partial charge on any atom is -0.453 e. The fraction of sp³-hybridized carbons (Fsp3) is 0.846. The molecule has 0 aromatic carbocycles. The molecular weight excluding hydrogens is 295 g/mol. The van der Waals surface area contributed by atoms with Crippen molar-refractivity contribution in [3.63, 3.8) is 0 Å². The average molecular weight is 319 g/mol. The quantitative estimate of drug-likeness (QED) is 0.350. The van der Waals surface area contributed by atoms with E-state index in [4.69, 9.17) is 19.2 Å². The maximum Gasteiger partial charge on any atom is 0.537 e. The Morgan fingerprint density at radius 3 is 2.14 bits per heavy atom. The molecular formula is C13H24N2O5P+. The van der Waals surface area contributed by atoms with Crippen LogP contribution in [0.1, 0.15) is 52.4 Å². The summed E-state index contributed by atoms with van der Waals surface area (Å²) >= 11 is 0. The second-order valence-corrected chi connectivity index (χ2v) is 6.78. The summed E-state index contributed by atoms with van der Waals surface area (Å²) < 4.78 is 15.6. The van der Waals surface area contributed by atoms with Crippen molar-refractivity contribution in [2.24, 2.45) is 0 Å². The normalized spacial score (nSPS) is 16.9. The summed E-state index contributed by atoms with van der Waals surface area (Å²) in [5.41, 5.74) is -0.574. The number of hydrogen-bond donors (Lipinski definition) is 1. The third kappa shape index (κ3) is 5.40. The van der Waals surface area contributed by atoms with E-state index >= 15 is 0 Å². The van der Waals surface area contributed by atoms with Gasteiger partial charge in [-0.1, -0.05) is 12.8 Å². The lowest BCUT2D eigenvalue weighted by Crippen LogP contribution is -2.24. The topological polar surface area (TPSA) is 93.1 Å². The van der Waals surface area contributed by atoms with Gasteiger partial charge in [0.05, 0.1) is 13.2 Å². The third-order valence-electron chi connectivity index (χ3n) is 3.23. The molecule has 8 heteroatoms. The van der Waals surface area contributed by atoms with Crippen LogP contribution in [0, 0.1) is 5.39 Å². The Bertz CT molecular complexity index is 428. The van der Waals surface area contributed by atoms with Gasteiger partial charge in [0, 0.05) is 0 Å². The van der Waals surface area contributed by atoms with Crippen molar-refractivity contribution in [1.29, 1.82) is 5.39 Å². The zero-order chi connectivity index (χ0) is 15.7. The molecule has 0 bridgehead atoms. The summed E-state index contributed by atoms with van der Waals surface area (Å²) in [4.78, 5) is 25.3. The molecule has 1 fully saturated rings. The number of rotatable bonds is 6. The zero-order valence-corrected chi connectivity index (χ0v) is 13.6. The third-order valence-corrected chi connectivity index (χ3v) is 5.25. The second-order valence-electron chi connectivity index (χ2n) is 4.80. The average Bonchev–Trinajstić information content (AvgIpc) is 2.68. The van der Waals surface area contributed by atoms with Crippen LogP contribution in [-0.2, 0) is 18.6 Å². The van der Waals surface area contributed by atoms with Crippen LogP contribution in [0.3, 0.4) is 0 Å². The number of carbonyl (C=O) groups is 1. The molecule has 0 saturated heterocycles. The summed E-state index contributed by atoms with van der Waals surface area (Å²) in [6, 6.07) is 0. The number of ether oxygens (including phenoxy) is 1. The molecule has 0 aliphatic heterocycles. The van der Waals surface area contributed by atoms with Gasteiger partial charge in [0.1, 0.15) is 6.10 Å². The summed E-state index contributed by atoms with van der Waals surface area (Å²) in [5.74, 6) is -0.873. The molecule has 0 aromatic heterocycles. The Balaban J connectivity index is 2.90. The number of carbonyl (C=O) groups excluding carboxylic acids is 1. The van der Waals surface area contributed by atoms with Crippen LogP contribution in [-0.4, -0.2) is 35.6 Å². The van der Waals surface area contributed by atoms with Gasteiger partial charge in [-0.25, -0.2) is 4.79 Å². The second kappa shape index (κ2) is 9.16. The van der Waals surface area contributed by atoms with Gasteiger partial charge in [-0.3, -0.25) is 0 Å². The van der Waals surface area contributed by atoms with Crippen LogP contribution in [0.25, 0.3) is 4.98 Å². The minimum absolute atomic E-state index is 0.125. The summed E-state index contributed by atoms with van der Waals surface area (Å²) in [5, 5.41) is 9.07. The van der Waals surface area contributed by atoms with Gasteiger partial charge in [-0.05, 0) is 39.5 Å². The maximum absolute atomic E-state index is 12.1. The van der Waals surface area contributed by atoms with E-state index in [0.29, 0.717) is 0 Å². The largest absolute Gasteiger partial charge is 0.537 e. The van der Waals surface area contributed by atoms with Crippen molar-refractivity contribution in [2.75, 3.05) is 13.2 Å². The highest BCUT2D eigenvalue weighted by atomic mass is 31.2. The van der Waals surface area contributed by atoms with Gasteiger partial charge in [-0.15, -0.1) is 0 Å². The maximum atomic E-state index is 12.1. The molecule has 21 heavy (non-hydrogen) atoms. The fourth-order valence-corrected chi connectivity index (χ4v) is 3.70. The molecule has 0 amide bonds. The van der Waals surface area contributed by atoms with Crippen molar-refractivity contribution in [2.45, 2.75) is 58.5 Å². The van der Waals surface area contributed by atoms with Crippen LogP contribution in [0.4, 0.5) is 0 Å². The van der Waals surface area contributed by atoms with Crippen LogP contribution in [0.2, 0.25) is 0 Å². The Morgan fingerprint density at radius 1 is 1.19 bits per heavy atom. The van der Waals surface area contributed by atoms with Crippen molar-refractivity contribution < 1.29 is 23.5 Å². The predicted molar refractivity (Wildman–Crippen MR) is 80.1 cm³/mol. The van der Waals surface area contributed by atoms with E-state index in [-0.39, 0.29) is 19.3 Å². The van der Waals surface area contributed by atoms with E-state index in [1.807, 2.05) is 0 Å². The van der Waals surface area contributed by atoms with E-state index in [1.165, 1.54) is 0 Å². The van der Waals surface area contributed by atoms with Gasteiger partial charge in [0.15, 0.2) is 4.98 Å². The molecule has 0 spiro atoms. The number of esters is 1. The first-order valence-electron chi connectivity index (χ1n) is 7.41. The van der Waals surface area contributed by atoms with Gasteiger partial charge in [0.2, 0.25) is 5.39 Å². The summed E-state index contributed by atoms with van der Waals surface area (Å²) in [6.07, 6.45) is 5.61. The monoisotopic (exact) mass is 319 g/mol. The van der Waals surface area contributed by atoms with Crippen molar-refractivity contribution >= 4 is 19.0 Å². The number of diazo groups is 1. The highest BCUT2D eigenvalue weighted by molar-refractivity contribution is 7.64. The Kier molecular flexibility index (Phi) is 7.91. The zero-order valence-electron chi connectivity index (χ0n) is 12.7. The minimum atomic E-state index is -3.69. The van der Waals surface area contributed by atoms with E-state index in [1.54, 1.807) is 13.8 Å². The molecule has 1 aliphatic carbocycles. The Labute approximate surface area is 125 Å². The van der Waals surface area contributed by atoms with Crippen LogP contribution in [0.5, 0.6) is 0 Å². The molecule has 1 rings (SSSR count). The molecule has 0 aromatic rings. The molecule has 1 aliphatic rings. The lowest BCUT2D eigenvalue weighted by Gasteiger charge is -2.16. The first-order chi connectivity index (χ1) is 10.1. The highest BCUT2D eigenvalue weighted by Crippen LogP contribution is 2.47. The van der Waals surface area contributed by atoms with Crippen LogP contribution in [0.15, 0.2) is 0 Å². The smallest absolute Gasteiger partial charge is 0.453 e. The van der Waals surface area contributed by atoms with E-state index in [0.717, 1.165) is 38.5 Å². The molecule has 120 valence electrons. The molecule has 7 nitrogen and oxygen atoms in total. The van der Waals surface area contributed by atoms with Gasteiger partial charge >= 0.3 is 19.0 Å². The summed E-state index contributed by atoms with van der Waals surface area (Å²) in [7, 11) is -3.69. The first kappa shape index (κ1) is 18.1. The molecule has 0 unspecified atom stereocenters. The van der Waals surface area contributed by atoms with Gasteiger partial charge in [0.25, 0.3) is 0 Å². The number of nitrogens with zero attached hydrogens (tertiary/aromatic N) is 2. The number of hydrogen-bond acceptors (Lipinski definition) is 6. The SMILES string of the molecule is CCOP(O)(OCC)=C([N+]#N)C(=O)OC1CCCCCC1. The Hall–Kier alpha value is -0.930. The lowest BCUT2D eigenvalue weighted by molar-refractivity contribution is -0.140. The van der Waals surface area contributed by atoms with Crippen molar-refractivity contribution in [3.05, 3.63) is 4.98 Å². The summed E-state index contributed by atoms with van der Waals surface area (Å²) in [6.45, 7) is 3.55. The standard InChI is InChI=1S/C13H23N2O5P/c1-3-18-21(17,19-4-2)12(15-14)13(16)20-11-9-7-5-6-8-10-11/h11H,3-10H2,1-2H3/p+1. The van der Waals surface area contributed by atoms with Crippen LogP contribution < -0.4 is 0 Å². The van der Waals surface area contributed by atoms with Gasteiger partial charge < -0.3 is 18.7 Å². The molecule has 1 saturated carbocycles. The predicted octanol–water partition coefficient (Wildman–Crippen LogP) is 3.06.